The normalized spacial score (nSPS) is 10.0. The molecule has 0 radical (unpaired) electrons. The van der Waals surface area contributed by atoms with Gasteiger partial charge in [-0.15, -0.1) is 11.8 Å². The summed E-state index contributed by atoms with van der Waals surface area (Å²) in [6, 6.07) is 6.00. The van der Waals surface area contributed by atoms with Crippen molar-refractivity contribution in [3.63, 3.8) is 0 Å². The standard InChI is InChI=1S/C12H15N3O2S.Na.H/c1-3-6-18-8-4-5-9-10(7-8)14-11(13-9)15-12(16)17-2;;/h4-5,7H,3,6H2,1-2H3,(H2,13,14,15,16);;/q;+1;-1. The van der Waals surface area contributed by atoms with Gasteiger partial charge in [-0.3, -0.25) is 5.32 Å². The minimum atomic E-state index is -0.533. The molecule has 1 amide bonds. The van der Waals surface area contributed by atoms with Gasteiger partial charge < -0.3 is 11.1 Å². The van der Waals surface area contributed by atoms with Gasteiger partial charge >= 0.3 is 35.7 Å². The number of carbonyl (C=O) groups is 1. The first kappa shape index (κ1) is 16.4. The summed E-state index contributed by atoms with van der Waals surface area (Å²) in [5, 5.41) is 2.51. The van der Waals surface area contributed by atoms with Crippen molar-refractivity contribution < 1.29 is 40.5 Å². The third-order valence-electron chi connectivity index (χ3n) is 2.33. The molecule has 1 heterocycles. The number of thioether (sulfide) groups is 1. The van der Waals surface area contributed by atoms with Crippen molar-refractivity contribution in [2.75, 3.05) is 18.2 Å². The Morgan fingerprint density at radius 3 is 3.05 bits per heavy atom. The van der Waals surface area contributed by atoms with Gasteiger partial charge in [0.25, 0.3) is 0 Å². The maximum Gasteiger partial charge on any atom is 1.00 e. The Bertz CT molecular complexity index is 565. The molecule has 0 unspecified atom stereocenters. The number of ether oxygens (including phenoxy) is 1. The molecule has 0 aliphatic carbocycles. The summed E-state index contributed by atoms with van der Waals surface area (Å²) in [6.45, 7) is 2.15. The molecule has 0 bridgehead atoms. The minimum absolute atomic E-state index is 0. The van der Waals surface area contributed by atoms with E-state index in [-0.39, 0.29) is 31.0 Å². The van der Waals surface area contributed by atoms with E-state index in [4.69, 9.17) is 0 Å². The molecule has 19 heavy (non-hydrogen) atoms. The molecule has 2 aromatic rings. The topological polar surface area (TPSA) is 67.0 Å². The fraction of sp³-hybridized carbons (Fsp3) is 0.333. The van der Waals surface area contributed by atoms with E-state index < -0.39 is 6.09 Å². The first-order chi connectivity index (χ1) is 8.72. The van der Waals surface area contributed by atoms with Crippen LogP contribution in [0.3, 0.4) is 0 Å². The largest absolute Gasteiger partial charge is 1.00 e. The monoisotopic (exact) mass is 289 g/mol. The van der Waals surface area contributed by atoms with Crippen LogP contribution in [0.1, 0.15) is 14.8 Å². The molecule has 5 nitrogen and oxygen atoms in total. The molecule has 0 spiro atoms. The zero-order valence-electron chi connectivity index (χ0n) is 12.3. The van der Waals surface area contributed by atoms with Crippen molar-refractivity contribution in [2.24, 2.45) is 0 Å². The van der Waals surface area contributed by atoms with Crippen LogP contribution in [0.5, 0.6) is 0 Å². The second kappa shape index (κ2) is 7.79. The van der Waals surface area contributed by atoms with Crippen LogP contribution >= 0.6 is 11.8 Å². The number of nitrogens with one attached hydrogen (secondary N) is 2. The predicted molar refractivity (Wildman–Crippen MR) is 74.2 cm³/mol. The Morgan fingerprint density at radius 1 is 1.58 bits per heavy atom. The molecule has 0 atom stereocenters. The number of hydrogen-bond acceptors (Lipinski definition) is 4. The van der Waals surface area contributed by atoms with Gasteiger partial charge in [-0.25, -0.2) is 9.78 Å². The first-order valence-corrected chi connectivity index (χ1v) is 6.69. The zero-order valence-corrected chi connectivity index (χ0v) is 14.1. The van der Waals surface area contributed by atoms with Crippen molar-refractivity contribution in [1.82, 2.24) is 9.97 Å². The molecule has 1 aromatic heterocycles. The van der Waals surface area contributed by atoms with E-state index in [1.54, 1.807) is 11.8 Å². The van der Waals surface area contributed by atoms with E-state index >= 15 is 0 Å². The van der Waals surface area contributed by atoms with E-state index in [9.17, 15) is 4.79 Å². The smallest absolute Gasteiger partial charge is 1.00 e. The van der Waals surface area contributed by atoms with Crippen molar-refractivity contribution in [3.05, 3.63) is 18.2 Å². The molecule has 98 valence electrons. The summed E-state index contributed by atoms with van der Waals surface area (Å²) < 4.78 is 4.51. The molecule has 0 aliphatic rings. The van der Waals surface area contributed by atoms with Gasteiger partial charge in [-0.1, -0.05) is 6.92 Å². The Balaban J connectivity index is 0.00000180. The van der Waals surface area contributed by atoms with Gasteiger partial charge in [0.15, 0.2) is 0 Å². The molecule has 0 aliphatic heterocycles. The zero-order chi connectivity index (χ0) is 13.0. The number of carbonyl (C=O) groups excluding carboxylic acids is 1. The SMILES string of the molecule is CCCSc1ccc2nc(NC(=O)OC)[nH]c2c1.[H-].[Na+]. The number of rotatable bonds is 4. The van der Waals surface area contributed by atoms with E-state index in [1.165, 1.54) is 12.0 Å². The van der Waals surface area contributed by atoms with Gasteiger partial charge in [-0.05, 0) is 30.4 Å². The molecule has 7 heteroatoms. The number of H-pyrrole nitrogens is 1. The van der Waals surface area contributed by atoms with Crippen molar-refractivity contribution in [1.29, 1.82) is 0 Å². The second-order valence-corrected chi connectivity index (χ2v) is 4.90. The van der Waals surface area contributed by atoms with Gasteiger partial charge in [0.2, 0.25) is 5.95 Å². The maximum atomic E-state index is 11.1. The van der Waals surface area contributed by atoms with Gasteiger partial charge in [-0.2, -0.15) is 0 Å². The van der Waals surface area contributed by atoms with Crippen LogP contribution in [0.15, 0.2) is 23.1 Å². The van der Waals surface area contributed by atoms with Crippen molar-refractivity contribution >= 4 is 34.8 Å². The second-order valence-electron chi connectivity index (χ2n) is 3.73. The number of fused-ring (bicyclic) bond motifs is 1. The van der Waals surface area contributed by atoms with Crippen molar-refractivity contribution in [3.8, 4) is 0 Å². The summed E-state index contributed by atoms with van der Waals surface area (Å²) in [4.78, 5) is 19.5. The van der Waals surface area contributed by atoms with Crippen molar-refractivity contribution in [2.45, 2.75) is 18.2 Å². The van der Waals surface area contributed by atoms with Crippen LogP contribution in [0.4, 0.5) is 10.7 Å². The molecule has 0 fully saturated rings. The minimum Gasteiger partial charge on any atom is -1.00 e. The predicted octanol–water partition coefficient (Wildman–Crippen LogP) is 0.360. The van der Waals surface area contributed by atoms with Crippen LogP contribution in [-0.2, 0) is 4.74 Å². The Kier molecular flexibility index (Phi) is 6.71. The quantitative estimate of drug-likeness (QED) is 0.630. The number of hydrogen-bond donors (Lipinski definition) is 2. The summed E-state index contributed by atoms with van der Waals surface area (Å²) in [5.41, 5.74) is 1.73. The molecule has 0 saturated heterocycles. The first-order valence-electron chi connectivity index (χ1n) is 5.70. The van der Waals surface area contributed by atoms with E-state index in [0.29, 0.717) is 5.95 Å². The number of methoxy groups -OCH3 is 1. The average Bonchev–Trinajstić information content (AvgIpc) is 2.77. The molecule has 0 saturated carbocycles. The molecular weight excluding hydrogens is 273 g/mol. The van der Waals surface area contributed by atoms with Crippen LogP contribution < -0.4 is 34.9 Å². The molecule has 2 N–H and O–H groups in total. The average molecular weight is 289 g/mol. The maximum absolute atomic E-state index is 11.1. The number of benzene rings is 1. The van der Waals surface area contributed by atoms with Crippen LogP contribution in [-0.4, -0.2) is 28.9 Å². The fourth-order valence-corrected chi connectivity index (χ4v) is 2.31. The summed E-state index contributed by atoms with van der Waals surface area (Å²) in [5.74, 6) is 1.49. The number of nitrogens with zero attached hydrogens (tertiary/aromatic N) is 1. The van der Waals surface area contributed by atoms with Gasteiger partial charge in [0.1, 0.15) is 0 Å². The van der Waals surface area contributed by atoms with E-state index in [0.717, 1.165) is 23.2 Å². The van der Waals surface area contributed by atoms with E-state index in [2.05, 4.69) is 26.9 Å². The third-order valence-corrected chi connectivity index (χ3v) is 3.53. The van der Waals surface area contributed by atoms with E-state index in [1.807, 2.05) is 18.2 Å². The fourth-order valence-electron chi connectivity index (χ4n) is 1.51. The van der Waals surface area contributed by atoms with Crippen LogP contribution in [0, 0.1) is 0 Å². The Labute approximate surface area is 139 Å². The summed E-state index contributed by atoms with van der Waals surface area (Å²) in [7, 11) is 1.32. The van der Waals surface area contributed by atoms with Gasteiger partial charge in [0.05, 0.1) is 18.1 Å². The number of amides is 1. The third kappa shape index (κ3) is 4.42. The number of anilines is 1. The molecular formula is C12H16N3NaO2S. The number of imidazole rings is 1. The Hall–Kier alpha value is -0.690. The Morgan fingerprint density at radius 2 is 2.37 bits per heavy atom. The van der Waals surface area contributed by atoms with Gasteiger partial charge in [0, 0.05) is 4.90 Å². The summed E-state index contributed by atoms with van der Waals surface area (Å²) in [6.07, 6.45) is 0.607. The number of aromatic nitrogens is 2. The molecule has 2 rings (SSSR count). The van der Waals surface area contributed by atoms with Crippen LogP contribution in [0.2, 0.25) is 0 Å². The number of aromatic amines is 1. The summed E-state index contributed by atoms with van der Waals surface area (Å²) >= 11 is 1.80. The molecule has 1 aromatic carbocycles. The van der Waals surface area contributed by atoms with Crippen LogP contribution in [0.25, 0.3) is 11.0 Å².